The molecule has 1 amide bonds. The molecule has 0 aliphatic carbocycles. The summed E-state index contributed by atoms with van der Waals surface area (Å²) < 4.78 is 51.8. The minimum Gasteiger partial charge on any atom is -0.289 e. The third-order valence-corrected chi connectivity index (χ3v) is 5.68. The summed E-state index contributed by atoms with van der Waals surface area (Å²) in [6, 6.07) is 2.39. The Morgan fingerprint density at radius 1 is 1.40 bits per heavy atom. The fraction of sp³-hybridized carbons (Fsp3) is 0.385. The van der Waals surface area contributed by atoms with Crippen molar-refractivity contribution in [1.82, 2.24) is 20.2 Å². The van der Waals surface area contributed by atoms with Crippen molar-refractivity contribution in [2.24, 2.45) is 7.05 Å². The van der Waals surface area contributed by atoms with Crippen LogP contribution in [0.1, 0.15) is 22.8 Å². The molecule has 0 spiro atoms. The van der Waals surface area contributed by atoms with Gasteiger partial charge in [-0.15, -0.1) is 0 Å². The summed E-state index contributed by atoms with van der Waals surface area (Å²) in [5.41, 5.74) is -0.109. The Hall–Kier alpha value is -1.82. The Balaban J connectivity index is 2.45. The van der Waals surface area contributed by atoms with Crippen molar-refractivity contribution in [2.75, 3.05) is 11.1 Å². The predicted octanol–water partition coefficient (Wildman–Crippen LogP) is 2.46. The van der Waals surface area contributed by atoms with Crippen LogP contribution >= 0.6 is 15.9 Å². The average molecular weight is 440 g/mol. The minimum atomic E-state index is -4.46. The molecule has 1 N–H and O–H groups in total. The Bertz CT molecular complexity index is 824. The number of halogens is 4. The van der Waals surface area contributed by atoms with Crippen molar-refractivity contribution in [1.29, 1.82) is 0 Å². The fourth-order valence-corrected chi connectivity index (χ4v) is 4.16. The van der Waals surface area contributed by atoms with Crippen LogP contribution in [0.15, 0.2) is 21.5 Å². The minimum absolute atomic E-state index is 0.0331. The summed E-state index contributed by atoms with van der Waals surface area (Å²) in [5, 5.41) is 13.0. The van der Waals surface area contributed by atoms with E-state index < -0.39 is 29.3 Å². The number of aryl methyl sites for hydroxylation is 1. The zero-order valence-electron chi connectivity index (χ0n) is 13.1. The summed E-state index contributed by atoms with van der Waals surface area (Å²) in [4.78, 5) is 12.3. The van der Waals surface area contributed by atoms with Crippen LogP contribution in [0, 0.1) is 0 Å². The van der Waals surface area contributed by atoms with Gasteiger partial charge in [0.05, 0.1) is 27.7 Å². The molecular weight excluding hydrogens is 427 g/mol. The van der Waals surface area contributed by atoms with Gasteiger partial charge in [-0.25, -0.2) is 4.68 Å². The van der Waals surface area contributed by atoms with E-state index in [0.717, 1.165) is 6.07 Å². The van der Waals surface area contributed by atoms with Crippen LogP contribution in [-0.2, 0) is 24.3 Å². The van der Waals surface area contributed by atoms with E-state index in [4.69, 9.17) is 0 Å². The Morgan fingerprint density at radius 2 is 2.08 bits per heavy atom. The summed E-state index contributed by atoms with van der Waals surface area (Å²) >= 11 is 3.12. The lowest BCUT2D eigenvalue weighted by atomic mass is 10.1. The molecule has 1 atom stereocenters. The van der Waals surface area contributed by atoms with Gasteiger partial charge < -0.3 is 0 Å². The first-order valence-electron chi connectivity index (χ1n) is 6.94. The second kappa shape index (κ2) is 7.60. The lowest BCUT2D eigenvalue weighted by Crippen LogP contribution is -2.19. The number of carbonyl (C=O) groups excluding carboxylic acids is 1. The molecule has 1 aromatic carbocycles. The normalized spacial score (nSPS) is 12.9. The number of anilines is 1. The van der Waals surface area contributed by atoms with Crippen molar-refractivity contribution in [2.45, 2.75) is 24.4 Å². The van der Waals surface area contributed by atoms with E-state index in [2.05, 4.69) is 36.8 Å². The van der Waals surface area contributed by atoms with Crippen LogP contribution in [0.25, 0.3) is 0 Å². The van der Waals surface area contributed by atoms with E-state index in [-0.39, 0.29) is 32.2 Å². The van der Waals surface area contributed by atoms with Gasteiger partial charge in [0.1, 0.15) is 0 Å². The van der Waals surface area contributed by atoms with Gasteiger partial charge in [-0.1, -0.05) is 18.1 Å². The van der Waals surface area contributed by atoms with Gasteiger partial charge in [0.15, 0.2) is 0 Å². The van der Waals surface area contributed by atoms with E-state index >= 15 is 0 Å². The lowest BCUT2D eigenvalue weighted by Gasteiger charge is -2.15. The number of aromatic nitrogens is 4. The highest BCUT2D eigenvalue weighted by Gasteiger charge is 2.31. The van der Waals surface area contributed by atoms with Crippen LogP contribution in [0.4, 0.5) is 19.1 Å². The molecule has 12 heteroatoms. The molecule has 1 heterocycles. The van der Waals surface area contributed by atoms with Gasteiger partial charge in [0, 0.05) is 17.3 Å². The second-order valence-electron chi connectivity index (χ2n) is 4.92. The maximum absolute atomic E-state index is 12.8. The maximum atomic E-state index is 12.8. The van der Waals surface area contributed by atoms with Crippen molar-refractivity contribution in [3.63, 3.8) is 0 Å². The molecule has 1 aromatic heterocycles. The van der Waals surface area contributed by atoms with Crippen LogP contribution in [-0.4, -0.2) is 42.3 Å². The number of amides is 1. The topological polar surface area (TPSA) is 89.8 Å². The molecule has 0 fully saturated rings. The van der Waals surface area contributed by atoms with Gasteiger partial charge in [-0.05, 0) is 38.0 Å². The first kappa shape index (κ1) is 19.5. The Kier molecular flexibility index (Phi) is 5.93. The van der Waals surface area contributed by atoms with Gasteiger partial charge in [-0.3, -0.25) is 14.3 Å². The zero-order valence-corrected chi connectivity index (χ0v) is 15.5. The van der Waals surface area contributed by atoms with Crippen molar-refractivity contribution in [3.8, 4) is 0 Å². The number of nitrogens with zero attached hydrogens (tertiary/aromatic N) is 4. The summed E-state index contributed by atoms with van der Waals surface area (Å²) in [6.07, 6.45) is -5.69. The highest BCUT2D eigenvalue weighted by Crippen LogP contribution is 2.33. The summed E-state index contributed by atoms with van der Waals surface area (Å²) in [7, 11) is -0.182. The smallest absolute Gasteiger partial charge is 0.289 e. The second-order valence-corrected chi connectivity index (χ2v) is 7.39. The fourth-order valence-electron chi connectivity index (χ4n) is 2.02. The van der Waals surface area contributed by atoms with Crippen molar-refractivity contribution >= 4 is 38.6 Å². The van der Waals surface area contributed by atoms with Crippen LogP contribution in [0.2, 0.25) is 0 Å². The number of alkyl halides is 3. The van der Waals surface area contributed by atoms with E-state index in [9.17, 15) is 22.2 Å². The standard InChI is InChI=1S/C13H13BrF3N5O2S/c1-3-25(24)10-7(6-13(15,16)17)4-5-8(9(10)14)11(23)18-12-19-20-21-22(12)2/h4-5H,3,6H2,1-2H3,(H,18,19,21,23). The van der Waals surface area contributed by atoms with Crippen molar-refractivity contribution in [3.05, 3.63) is 27.7 Å². The van der Waals surface area contributed by atoms with E-state index in [1.54, 1.807) is 6.92 Å². The highest BCUT2D eigenvalue weighted by atomic mass is 79.9. The third-order valence-electron chi connectivity index (χ3n) is 3.15. The molecule has 0 saturated carbocycles. The van der Waals surface area contributed by atoms with E-state index in [1.807, 2.05) is 0 Å². The molecule has 2 aromatic rings. The quantitative estimate of drug-likeness (QED) is 0.772. The van der Waals surface area contributed by atoms with Gasteiger partial charge in [0.2, 0.25) is 5.95 Å². The largest absolute Gasteiger partial charge is 0.393 e. The predicted molar refractivity (Wildman–Crippen MR) is 87.6 cm³/mol. The first-order valence-corrected chi connectivity index (χ1v) is 9.05. The molecule has 7 nitrogen and oxygen atoms in total. The number of hydrogen-bond donors (Lipinski definition) is 1. The number of nitrogens with one attached hydrogen (secondary N) is 1. The van der Waals surface area contributed by atoms with E-state index in [0.29, 0.717) is 0 Å². The molecule has 0 aliphatic rings. The first-order chi connectivity index (χ1) is 11.6. The van der Waals surface area contributed by atoms with Gasteiger partial charge in [-0.2, -0.15) is 13.2 Å². The third kappa shape index (κ3) is 4.63. The summed E-state index contributed by atoms with van der Waals surface area (Å²) in [5.74, 6) is -0.464. The van der Waals surface area contributed by atoms with Crippen LogP contribution in [0.3, 0.4) is 0 Å². The molecular formula is C13H13BrF3N5O2S. The highest BCUT2D eigenvalue weighted by molar-refractivity contribution is 9.10. The molecule has 0 radical (unpaired) electrons. The number of benzene rings is 1. The molecule has 25 heavy (non-hydrogen) atoms. The molecule has 2 rings (SSSR count). The zero-order chi connectivity index (χ0) is 18.8. The molecule has 136 valence electrons. The Morgan fingerprint density at radius 3 is 2.60 bits per heavy atom. The molecule has 0 aliphatic heterocycles. The number of hydrogen-bond acceptors (Lipinski definition) is 5. The number of carbonyl (C=O) groups is 1. The molecule has 1 unspecified atom stereocenters. The number of rotatable bonds is 5. The molecule has 0 saturated heterocycles. The average Bonchev–Trinajstić information content (AvgIpc) is 2.90. The van der Waals surface area contributed by atoms with Crippen LogP contribution < -0.4 is 5.32 Å². The SMILES string of the molecule is CCS(=O)c1c(CC(F)(F)F)ccc(C(=O)Nc2nnnn2C)c1Br. The van der Waals surface area contributed by atoms with E-state index in [1.165, 1.54) is 17.8 Å². The van der Waals surface area contributed by atoms with Gasteiger partial charge >= 0.3 is 6.18 Å². The lowest BCUT2D eigenvalue weighted by molar-refractivity contribution is -0.127. The van der Waals surface area contributed by atoms with Gasteiger partial charge in [0.25, 0.3) is 5.91 Å². The van der Waals surface area contributed by atoms with Crippen molar-refractivity contribution < 1.29 is 22.2 Å². The molecule has 0 bridgehead atoms. The Labute approximate surface area is 151 Å². The maximum Gasteiger partial charge on any atom is 0.393 e. The number of tetrazole rings is 1. The monoisotopic (exact) mass is 439 g/mol. The van der Waals surface area contributed by atoms with Crippen LogP contribution in [0.5, 0.6) is 0 Å². The summed E-state index contributed by atoms with van der Waals surface area (Å²) in [6.45, 7) is 1.58.